The number of fused-ring (bicyclic) bond motifs is 1. The highest BCUT2D eigenvalue weighted by atomic mass is 35.5. The molecule has 0 atom stereocenters. The predicted molar refractivity (Wildman–Crippen MR) is 73.1 cm³/mol. The molecule has 1 amide bonds. The molecule has 4 heteroatoms. The maximum absolute atomic E-state index is 12.3. The van der Waals surface area contributed by atoms with Gasteiger partial charge < -0.3 is 9.32 Å². The van der Waals surface area contributed by atoms with Crippen molar-refractivity contribution in [1.29, 1.82) is 0 Å². The normalized spacial score (nSPS) is 11.8. The van der Waals surface area contributed by atoms with Gasteiger partial charge in [0, 0.05) is 18.3 Å². The van der Waals surface area contributed by atoms with Crippen molar-refractivity contribution < 1.29 is 9.21 Å². The highest BCUT2D eigenvalue weighted by Crippen LogP contribution is 2.23. The van der Waals surface area contributed by atoms with Crippen molar-refractivity contribution in [2.24, 2.45) is 0 Å². The van der Waals surface area contributed by atoms with Crippen molar-refractivity contribution in [1.82, 2.24) is 4.90 Å². The van der Waals surface area contributed by atoms with E-state index >= 15 is 0 Å². The van der Waals surface area contributed by atoms with E-state index in [1.165, 1.54) is 0 Å². The number of nitrogens with zero attached hydrogens (tertiary/aromatic N) is 1. The second-order valence-corrected chi connectivity index (χ2v) is 5.23. The third-order valence-corrected chi connectivity index (χ3v) is 3.83. The summed E-state index contributed by atoms with van der Waals surface area (Å²) in [6.07, 6.45) is 0. The van der Waals surface area contributed by atoms with Gasteiger partial charge in [0.05, 0.1) is 5.54 Å². The maximum atomic E-state index is 12.3. The number of rotatable bonds is 3. The quantitative estimate of drug-likeness (QED) is 0.796. The van der Waals surface area contributed by atoms with E-state index in [2.05, 4.69) is 0 Å². The van der Waals surface area contributed by atoms with Crippen LogP contribution in [0.15, 0.2) is 34.7 Å². The van der Waals surface area contributed by atoms with Crippen molar-refractivity contribution in [2.45, 2.75) is 19.4 Å². The lowest BCUT2D eigenvalue weighted by Gasteiger charge is -2.33. The van der Waals surface area contributed by atoms with Gasteiger partial charge in [0.1, 0.15) is 5.58 Å². The fourth-order valence-electron chi connectivity index (χ4n) is 1.62. The van der Waals surface area contributed by atoms with E-state index in [1.807, 2.05) is 38.1 Å². The van der Waals surface area contributed by atoms with E-state index in [0.717, 1.165) is 11.0 Å². The van der Waals surface area contributed by atoms with Crippen molar-refractivity contribution in [3.63, 3.8) is 0 Å². The fraction of sp³-hybridized carbons (Fsp3) is 0.357. The number of carbonyl (C=O) groups is 1. The first kappa shape index (κ1) is 13.0. The number of halogens is 1. The van der Waals surface area contributed by atoms with Crippen LogP contribution in [0.1, 0.15) is 24.4 Å². The Kier molecular flexibility index (Phi) is 3.35. The first-order valence-electron chi connectivity index (χ1n) is 5.78. The van der Waals surface area contributed by atoms with Crippen molar-refractivity contribution in [3.8, 4) is 0 Å². The standard InChI is InChI=1S/C14H16ClNO2/c1-14(2,9-15)16(3)13(17)12-8-10-6-4-5-7-11(10)18-12/h4-8H,9H2,1-3H3. The zero-order valence-electron chi connectivity index (χ0n) is 10.7. The Morgan fingerprint density at radius 3 is 2.67 bits per heavy atom. The first-order valence-corrected chi connectivity index (χ1v) is 6.32. The molecular weight excluding hydrogens is 250 g/mol. The number of furan rings is 1. The number of amides is 1. The third kappa shape index (κ3) is 2.23. The minimum Gasteiger partial charge on any atom is -0.451 e. The van der Waals surface area contributed by atoms with E-state index < -0.39 is 5.54 Å². The van der Waals surface area contributed by atoms with Crippen LogP contribution in [0.5, 0.6) is 0 Å². The molecule has 0 bridgehead atoms. The smallest absolute Gasteiger partial charge is 0.289 e. The number of benzene rings is 1. The summed E-state index contributed by atoms with van der Waals surface area (Å²) in [5, 5.41) is 0.929. The van der Waals surface area contributed by atoms with E-state index in [4.69, 9.17) is 16.0 Å². The lowest BCUT2D eigenvalue weighted by Crippen LogP contribution is -2.46. The molecule has 96 valence electrons. The summed E-state index contributed by atoms with van der Waals surface area (Å²) in [6, 6.07) is 9.32. The second-order valence-electron chi connectivity index (χ2n) is 4.96. The minimum absolute atomic E-state index is 0.156. The van der Waals surface area contributed by atoms with Crippen LogP contribution in [-0.2, 0) is 0 Å². The molecule has 0 aliphatic heterocycles. The summed E-state index contributed by atoms with van der Waals surface area (Å²) < 4.78 is 5.56. The monoisotopic (exact) mass is 265 g/mol. The molecule has 0 aliphatic carbocycles. The Labute approximate surface area is 111 Å². The van der Waals surface area contributed by atoms with Crippen molar-refractivity contribution in [3.05, 3.63) is 36.1 Å². The number of hydrogen-bond acceptors (Lipinski definition) is 2. The third-order valence-electron chi connectivity index (χ3n) is 3.18. The van der Waals surface area contributed by atoms with E-state index in [9.17, 15) is 4.79 Å². The van der Waals surface area contributed by atoms with Gasteiger partial charge in [-0.2, -0.15) is 0 Å². The van der Waals surface area contributed by atoms with Gasteiger partial charge in [-0.05, 0) is 26.0 Å². The molecule has 1 heterocycles. The first-order chi connectivity index (χ1) is 8.45. The van der Waals surface area contributed by atoms with Gasteiger partial charge in [-0.1, -0.05) is 18.2 Å². The average molecular weight is 266 g/mol. The Balaban J connectivity index is 2.34. The van der Waals surface area contributed by atoms with Crippen LogP contribution in [0.2, 0.25) is 0 Å². The number of carbonyl (C=O) groups excluding carboxylic acids is 1. The van der Waals surface area contributed by atoms with Crippen LogP contribution >= 0.6 is 11.6 Å². The summed E-state index contributed by atoms with van der Waals surface area (Å²) in [4.78, 5) is 13.9. The molecule has 0 aliphatic rings. The SMILES string of the molecule is CN(C(=O)c1cc2ccccc2o1)C(C)(C)CCl. The van der Waals surface area contributed by atoms with Gasteiger partial charge in [0.25, 0.3) is 5.91 Å². The van der Waals surface area contributed by atoms with Gasteiger partial charge >= 0.3 is 0 Å². The van der Waals surface area contributed by atoms with Crippen molar-refractivity contribution in [2.75, 3.05) is 12.9 Å². The topological polar surface area (TPSA) is 33.5 Å². The number of hydrogen-bond donors (Lipinski definition) is 0. The van der Waals surface area contributed by atoms with Gasteiger partial charge in [0.2, 0.25) is 0 Å². The van der Waals surface area contributed by atoms with Crippen LogP contribution in [0.4, 0.5) is 0 Å². The fourth-order valence-corrected chi connectivity index (χ4v) is 1.80. The van der Waals surface area contributed by atoms with Gasteiger partial charge in [-0.25, -0.2) is 0 Å². The van der Waals surface area contributed by atoms with Gasteiger partial charge in [-0.3, -0.25) is 4.79 Å². The molecule has 0 radical (unpaired) electrons. The van der Waals surface area contributed by atoms with E-state index in [1.54, 1.807) is 18.0 Å². The highest BCUT2D eigenvalue weighted by Gasteiger charge is 2.29. The van der Waals surface area contributed by atoms with Crippen molar-refractivity contribution >= 4 is 28.5 Å². The Morgan fingerprint density at radius 2 is 2.06 bits per heavy atom. The molecular formula is C14H16ClNO2. The number of para-hydroxylation sites is 1. The van der Waals surface area contributed by atoms with Crippen LogP contribution in [0, 0.1) is 0 Å². The molecule has 0 saturated carbocycles. The maximum Gasteiger partial charge on any atom is 0.289 e. The van der Waals surface area contributed by atoms with Gasteiger partial charge in [-0.15, -0.1) is 11.6 Å². The molecule has 0 N–H and O–H groups in total. The average Bonchev–Trinajstić information content (AvgIpc) is 2.80. The number of alkyl halides is 1. The molecule has 0 spiro atoms. The lowest BCUT2D eigenvalue weighted by atomic mass is 10.1. The molecule has 2 aromatic rings. The van der Waals surface area contributed by atoms with Crippen LogP contribution < -0.4 is 0 Å². The zero-order chi connectivity index (χ0) is 13.3. The molecule has 1 aromatic heterocycles. The Morgan fingerprint density at radius 1 is 1.39 bits per heavy atom. The summed E-state index contributed by atoms with van der Waals surface area (Å²) >= 11 is 5.87. The van der Waals surface area contributed by atoms with E-state index in [-0.39, 0.29) is 5.91 Å². The molecule has 0 saturated heterocycles. The highest BCUT2D eigenvalue weighted by molar-refractivity contribution is 6.18. The van der Waals surface area contributed by atoms with Crippen LogP contribution in [-0.4, -0.2) is 29.3 Å². The molecule has 18 heavy (non-hydrogen) atoms. The molecule has 1 aromatic carbocycles. The summed E-state index contributed by atoms with van der Waals surface area (Å²) in [5.74, 6) is 0.559. The molecule has 2 rings (SSSR count). The molecule has 0 fully saturated rings. The predicted octanol–water partition coefficient (Wildman–Crippen LogP) is 3.52. The molecule has 0 unspecified atom stereocenters. The van der Waals surface area contributed by atoms with Crippen LogP contribution in [0.25, 0.3) is 11.0 Å². The summed E-state index contributed by atoms with van der Waals surface area (Å²) in [5.41, 5.74) is 0.315. The summed E-state index contributed by atoms with van der Waals surface area (Å²) in [6.45, 7) is 3.83. The Bertz CT molecular complexity index is 541. The van der Waals surface area contributed by atoms with Crippen LogP contribution in [0.3, 0.4) is 0 Å². The minimum atomic E-state index is -0.405. The molecule has 3 nitrogen and oxygen atoms in total. The lowest BCUT2D eigenvalue weighted by molar-refractivity contribution is 0.0630. The summed E-state index contributed by atoms with van der Waals surface area (Å²) in [7, 11) is 1.73. The van der Waals surface area contributed by atoms with E-state index in [0.29, 0.717) is 11.6 Å². The largest absolute Gasteiger partial charge is 0.451 e. The Hall–Kier alpha value is -1.48. The second kappa shape index (κ2) is 4.65. The zero-order valence-corrected chi connectivity index (χ0v) is 11.5. The van der Waals surface area contributed by atoms with Gasteiger partial charge in [0.15, 0.2) is 5.76 Å².